The smallest absolute Gasteiger partial charge is 0.311 e. The lowest BCUT2D eigenvalue weighted by Gasteiger charge is -2.32. The SMILES string of the molecule is CC(C)(CO)NC(=O)C(=O)N1CCC(Cc2ccccc2)CC1. The normalized spacial score (nSPS) is 16.2. The van der Waals surface area contributed by atoms with Crippen LogP contribution in [-0.4, -0.2) is 47.1 Å². The summed E-state index contributed by atoms with van der Waals surface area (Å²) in [6.07, 6.45) is 2.85. The van der Waals surface area contributed by atoms with Crippen molar-refractivity contribution < 1.29 is 14.7 Å². The molecule has 0 saturated carbocycles. The van der Waals surface area contributed by atoms with Crippen molar-refractivity contribution in [3.8, 4) is 0 Å². The molecule has 23 heavy (non-hydrogen) atoms. The second-order valence-corrected chi connectivity index (χ2v) is 6.92. The maximum Gasteiger partial charge on any atom is 0.311 e. The van der Waals surface area contributed by atoms with Crippen LogP contribution in [0.25, 0.3) is 0 Å². The van der Waals surface area contributed by atoms with Gasteiger partial charge in [0, 0.05) is 13.1 Å². The molecular formula is C18H26N2O3. The first-order valence-corrected chi connectivity index (χ1v) is 8.17. The molecular weight excluding hydrogens is 292 g/mol. The first-order valence-electron chi connectivity index (χ1n) is 8.17. The molecule has 0 aromatic heterocycles. The summed E-state index contributed by atoms with van der Waals surface area (Å²) in [5, 5.41) is 11.7. The fraction of sp³-hybridized carbons (Fsp3) is 0.556. The highest BCUT2D eigenvalue weighted by Gasteiger charge is 2.30. The van der Waals surface area contributed by atoms with Gasteiger partial charge in [0.2, 0.25) is 0 Å². The second-order valence-electron chi connectivity index (χ2n) is 6.92. The number of carbonyl (C=O) groups is 2. The predicted octanol–water partition coefficient (Wildman–Crippen LogP) is 1.35. The van der Waals surface area contributed by atoms with Crippen molar-refractivity contribution in [3.63, 3.8) is 0 Å². The van der Waals surface area contributed by atoms with Crippen LogP contribution in [0.4, 0.5) is 0 Å². The summed E-state index contributed by atoms with van der Waals surface area (Å²) in [6.45, 7) is 4.40. The third kappa shape index (κ3) is 5.06. The largest absolute Gasteiger partial charge is 0.394 e. The highest BCUT2D eigenvalue weighted by Crippen LogP contribution is 2.21. The van der Waals surface area contributed by atoms with Crippen LogP contribution in [0.3, 0.4) is 0 Å². The zero-order valence-corrected chi connectivity index (χ0v) is 13.9. The van der Waals surface area contributed by atoms with Crippen LogP contribution < -0.4 is 5.32 Å². The number of carbonyl (C=O) groups excluding carboxylic acids is 2. The van der Waals surface area contributed by atoms with Gasteiger partial charge in [-0.3, -0.25) is 9.59 Å². The predicted molar refractivity (Wildman–Crippen MR) is 88.8 cm³/mol. The number of aliphatic hydroxyl groups is 1. The zero-order valence-electron chi connectivity index (χ0n) is 13.9. The molecule has 0 spiro atoms. The Kier molecular flexibility index (Phi) is 5.77. The van der Waals surface area contributed by atoms with E-state index in [9.17, 15) is 14.7 Å². The molecule has 0 bridgehead atoms. The number of hydrogen-bond donors (Lipinski definition) is 2. The van der Waals surface area contributed by atoms with Crippen LogP contribution in [-0.2, 0) is 16.0 Å². The topological polar surface area (TPSA) is 69.6 Å². The highest BCUT2D eigenvalue weighted by atomic mass is 16.3. The summed E-state index contributed by atoms with van der Waals surface area (Å²) in [6, 6.07) is 10.4. The minimum atomic E-state index is -0.779. The standard InChI is InChI=1S/C18H26N2O3/c1-18(2,13-21)19-16(22)17(23)20-10-8-15(9-11-20)12-14-6-4-3-5-7-14/h3-7,15,21H,8-13H2,1-2H3,(H,19,22). The van der Waals surface area contributed by atoms with Crippen LogP contribution >= 0.6 is 0 Å². The average molecular weight is 318 g/mol. The molecule has 1 aromatic rings. The quantitative estimate of drug-likeness (QED) is 0.824. The summed E-state index contributed by atoms with van der Waals surface area (Å²) >= 11 is 0. The monoisotopic (exact) mass is 318 g/mol. The van der Waals surface area contributed by atoms with E-state index in [-0.39, 0.29) is 6.61 Å². The lowest BCUT2D eigenvalue weighted by molar-refractivity contribution is -0.147. The number of likely N-dealkylation sites (tertiary alicyclic amines) is 1. The first-order chi connectivity index (χ1) is 10.9. The Morgan fingerprint density at radius 3 is 2.39 bits per heavy atom. The van der Waals surface area contributed by atoms with E-state index in [1.807, 2.05) is 18.2 Å². The van der Waals surface area contributed by atoms with Crippen LogP contribution in [0.5, 0.6) is 0 Å². The minimum absolute atomic E-state index is 0.203. The molecule has 1 aromatic carbocycles. The van der Waals surface area contributed by atoms with Gasteiger partial charge in [0.15, 0.2) is 0 Å². The van der Waals surface area contributed by atoms with E-state index in [1.54, 1.807) is 18.7 Å². The van der Waals surface area contributed by atoms with Crippen LogP contribution in [0, 0.1) is 5.92 Å². The van der Waals surface area contributed by atoms with Gasteiger partial charge < -0.3 is 15.3 Å². The van der Waals surface area contributed by atoms with E-state index in [1.165, 1.54) is 5.56 Å². The molecule has 0 radical (unpaired) electrons. The molecule has 0 unspecified atom stereocenters. The van der Waals surface area contributed by atoms with E-state index in [0.29, 0.717) is 19.0 Å². The molecule has 1 heterocycles. The van der Waals surface area contributed by atoms with Gasteiger partial charge in [-0.2, -0.15) is 0 Å². The van der Waals surface area contributed by atoms with Crippen molar-refractivity contribution in [2.24, 2.45) is 5.92 Å². The van der Waals surface area contributed by atoms with Crippen molar-refractivity contribution in [1.29, 1.82) is 0 Å². The molecule has 5 nitrogen and oxygen atoms in total. The number of nitrogens with zero attached hydrogens (tertiary/aromatic N) is 1. The number of rotatable bonds is 4. The van der Waals surface area contributed by atoms with Crippen molar-refractivity contribution in [2.45, 2.75) is 38.6 Å². The number of benzene rings is 1. The molecule has 1 aliphatic heterocycles. The van der Waals surface area contributed by atoms with Gasteiger partial charge in [0.05, 0.1) is 12.1 Å². The van der Waals surface area contributed by atoms with E-state index in [2.05, 4.69) is 17.4 Å². The second kappa shape index (κ2) is 7.59. The van der Waals surface area contributed by atoms with E-state index < -0.39 is 17.4 Å². The minimum Gasteiger partial charge on any atom is -0.394 e. The zero-order chi connectivity index (χ0) is 16.9. The summed E-state index contributed by atoms with van der Waals surface area (Å²) in [5.74, 6) is -0.575. The molecule has 2 amide bonds. The van der Waals surface area contributed by atoms with Crippen LogP contribution in [0.2, 0.25) is 0 Å². The summed E-state index contributed by atoms with van der Waals surface area (Å²) < 4.78 is 0. The number of nitrogens with one attached hydrogen (secondary N) is 1. The number of amides is 2. The first kappa shape index (κ1) is 17.5. The molecule has 1 fully saturated rings. The van der Waals surface area contributed by atoms with E-state index >= 15 is 0 Å². The van der Waals surface area contributed by atoms with Gasteiger partial charge >= 0.3 is 11.8 Å². The van der Waals surface area contributed by atoms with E-state index in [4.69, 9.17) is 0 Å². The average Bonchev–Trinajstić information content (AvgIpc) is 2.55. The molecule has 126 valence electrons. The highest BCUT2D eigenvalue weighted by molar-refractivity contribution is 6.35. The summed E-state index contributed by atoms with van der Waals surface area (Å²) in [7, 11) is 0. The fourth-order valence-corrected chi connectivity index (χ4v) is 2.83. The third-order valence-electron chi connectivity index (χ3n) is 4.31. The van der Waals surface area contributed by atoms with Crippen molar-refractivity contribution >= 4 is 11.8 Å². The molecule has 0 atom stereocenters. The maximum absolute atomic E-state index is 12.2. The number of aliphatic hydroxyl groups excluding tert-OH is 1. The molecule has 1 saturated heterocycles. The molecule has 2 rings (SSSR count). The van der Waals surface area contributed by atoms with Crippen molar-refractivity contribution in [2.75, 3.05) is 19.7 Å². The Bertz CT molecular complexity index is 534. The Balaban J connectivity index is 1.82. The maximum atomic E-state index is 12.2. The van der Waals surface area contributed by atoms with Gasteiger partial charge in [-0.1, -0.05) is 30.3 Å². The molecule has 2 N–H and O–H groups in total. The number of piperidine rings is 1. The van der Waals surface area contributed by atoms with Crippen LogP contribution in [0.1, 0.15) is 32.3 Å². The molecule has 5 heteroatoms. The summed E-state index contributed by atoms with van der Waals surface area (Å²) in [5.41, 5.74) is 0.540. The molecule has 0 aliphatic carbocycles. The third-order valence-corrected chi connectivity index (χ3v) is 4.31. The van der Waals surface area contributed by atoms with Gasteiger partial charge in [-0.25, -0.2) is 0 Å². The van der Waals surface area contributed by atoms with Gasteiger partial charge in [-0.05, 0) is 44.6 Å². The van der Waals surface area contributed by atoms with Gasteiger partial charge in [0.25, 0.3) is 0 Å². The number of hydrogen-bond acceptors (Lipinski definition) is 3. The van der Waals surface area contributed by atoms with Crippen molar-refractivity contribution in [3.05, 3.63) is 35.9 Å². The van der Waals surface area contributed by atoms with Gasteiger partial charge in [0.1, 0.15) is 0 Å². The molecule has 1 aliphatic rings. The van der Waals surface area contributed by atoms with Crippen molar-refractivity contribution in [1.82, 2.24) is 10.2 Å². The Hall–Kier alpha value is -1.88. The van der Waals surface area contributed by atoms with Crippen LogP contribution in [0.15, 0.2) is 30.3 Å². The fourth-order valence-electron chi connectivity index (χ4n) is 2.83. The lowest BCUT2D eigenvalue weighted by atomic mass is 9.90. The van der Waals surface area contributed by atoms with Gasteiger partial charge in [-0.15, -0.1) is 0 Å². The Morgan fingerprint density at radius 2 is 1.83 bits per heavy atom. The van der Waals surface area contributed by atoms with E-state index in [0.717, 1.165) is 19.3 Å². The summed E-state index contributed by atoms with van der Waals surface area (Å²) in [4.78, 5) is 25.8. The Labute approximate surface area is 137 Å². The Morgan fingerprint density at radius 1 is 1.22 bits per heavy atom. The lowest BCUT2D eigenvalue weighted by Crippen LogP contribution is -2.53.